The van der Waals surface area contributed by atoms with Gasteiger partial charge in [0.15, 0.2) is 5.78 Å². The Kier molecular flexibility index (Phi) is 6.66. The Bertz CT molecular complexity index is 851. The molecule has 1 atom stereocenters. The predicted octanol–water partition coefficient (Wildman–Crippen LogP) is 3.54. The summed E-state index contributed by atoms with van der Waals surface area (Å²) in [6, 6.07) is 10.8. The minimum atomic E-state index is -4.96. The van der Waals surface area contributed by atoms with E-state index in [1.54, 1.807) is 30.3 Å². The van der Waals surface area contributed by atoms with Crippen LogP contribution in [-0.2, 0) is 11.2 Å². The zero-order valence-corrected chi connectivity index (χ0v) is 15.6. The number of alkyl halides is 3. The molecular weight excluding hydrogens is 375 g/mol. The van der Waals surface area contributed by atoms with Crippen LogP contribution in [0.15, 0.2) is 42.5 Å². The number of amides is 1. The molecule has 0 aliphatic heterocycles. The van der Waals surface area contributed by atoms with Gasteiger partial charge in [0.25, 0.3) is 0 Å². The average molecular weight is 395 g/mol. The molecule has 28 heavy (non-hydrogen) atoms. The Morgan fingerprint density at radius 1 is 1.04 bits per heavy atom. The van der Waals surface area contributed by atoms with E-state index in [1.807, 2.05) is 5.32 Å². The molecule has 0 radical (unpaired) electrons. The highest BCUT2D eigenvalue weighted by Gasteiger charge is 2.39. The summed E-state index contributed by atoms with van der Waals surface area (Å²) in [7, 11) is 2.78. The van der Waals surface area contributed by atoms with Crippen LogP contribution in [0, 0.1) is 0 Å². The molecule has 150 valence electrons. The number of rotatable bonds is 7. The maximum Gasteiger partial charge on any atom is 0.471 e. The highest BCUT2D eigenvalue weighted by molar-refractivity contribution is 6.11. The summed E-state index contributed by atoms with van der Waals surface area (Å²) in [6.45, 7) is 1.44. The van der Waals surface area contributed by atoms with E-state index in [9.17, 15) is 22.8 Å². The van der Waals surface area contributed by atoms with Crippen LogP contribution in [0.3, 0.4) is 0 Å². The van der Waals surface area contributed by atoms with Crippen LogP contribution in [0.1, 0.15) is 28.4 Å². The van der Waals surface area contributed by atoms with Gasteiger partial charge in [0.2, 0.25) is 0 Å². The first-order valence-corrected chi connectivity index (χ1v) is 8.39. The highest BCUT2D eigenvalue weighted by Crippen LogP contribution is 2.31. The maximum absolute atomic E-state index is 12.8. The fourth-order valence-corrected chi connectivity index (χ4v) is 2.73. The topological polar surface area (TPSA) is 64.6 Å². The normalized spacial score (nSPS) is 12.2. The Morgan fingerprint density at radius 2 is 1.64 bits per heavy atom. The van der Waals surface area contributed by atoms with Crippen molar-refractivity contribution in [3.63, 3.8) is 0 Å². The summed E-state index contributed by atoms with van der Waals surface area (Å²) in [4.78, 5) is 23.9. The minimum Gasteiger partial charge on any atom is -0.496 e. The Morgan fingerprint density at radius 3 is 2.18 bits per heavy atom. The van der Waals surface area contributed by atoms with Crippen molar-refractivity contribution in [2.24, 2.45) is 0 Å². The molecule has 5 nitrogen and oxygen atoms in total. The van der Waals surface area contributed by atoms with Crippen molar-refractivity contribution >= 4 is 11.7 Å². The molecule has 0 saturated carbocycles. The SMILES string of the molecule is COc1cc(C(=O)c2ccccc2)c(OC)cc1C[C@@H](C)NC(=O)C(F)(F)F. The smallest absolute Gasteiger partial charge is 0.471 e. The number of hydrogen-bond donors (Lipinski definition) is 1. The van der Waals surface area contributed by atoms with Crippen LogP contribution in [0.2, 0.25) is 0 Å². The first-order chi connectivity index (χ1) is 13.2. The fourth-order valence-electron chi connectivity index (χ4n) is 2.73. The molecule has 1 amide bonds. The maximum atomic E-state index is 12.8. The summed E-state index contributed by atoms with van der Waals surface area (Å²) < 4.78 is 47.9. The predicted molar refractivity (Wildman–Crippen MR) is 96.8 cm³/mol. The van der Waals surface area contributed by atoms with Gasteiger partial charge in [-0.2, -0.15) is 13.2 Å². The van der Waals surface area contributed by atoms with Crippen molar-refractivity contribution in [1.82, 2.24) is 5.32 Å². The Hall–Kier alpha value is -3.03. The van der Waals surface area contributed by atoms with E-state index in [-0.39, 0.29) is 23.5 Å². The van der Waals surface area contributed by atoms with Gasteiger partial charge in [0.05, 0.1) is 19.8 Å². The number of hydrogen-bond acceptors (Lipinski definition) is 4. The Labute approximate surface area is 160 Å². The molecule has 0 saturated heterocycles. The Balaban J connectivity index is 2.32. The second kappa shape index (κ2) is 8.77. The standard InChI is InChI=1S/C20H20F3NO4/c1-12(24-19(26)20(21,22)23)9-14-10-17(28-3)15(11-16(14)27-2)18(25)13-7-5-4-6-8-13/h4-8,10-12H,9H2,1-3H3,(H,24,26)/t12-/m1/s1. The molecule has 0 aliphatic carbocycles. The molecule has 2 aromatic carbocycles. The van der Waals surface area contributed by atoms with Gasteiger partial charge in [-0.15, -0.1) is 0 Å². The van der Waals surface area contributed by atoms with E-state index in [4.69, 9.17) is 9.47 Å². The van der Waals surface area contributed by atoms with Crippen molar-refractivity contribution in [2.45, 2.75) is 25.6 Å². The molecule has 2 aromatic rings. The first kappa shape index (κ1) is 21.3. The molecule has 0 aliphatic rings. The van der Waals surface area contributed by atoms with Gasteiger partial charge in [-0.25, -0.2) is 0 Å². The molecule has 0 aromatic heterocycles. The number of halogens is 3. The largest absolute Gasteiger partial charge is 0.496 e. The molecule has 8 heteroatoms. The monoisotopic (exact) mass is 395 g/mol. The summed E-state index contributed by atoms with van der Waals surface area (Å²) in [5.41, 5.74) is 1.22. The zero-order chi connectivity index (χ0) is 20.9. The molecule has 0 fully saturated rings. The molecule has 0 unspecified atom stereocenters. The van der Waals surface area contributed by atoms with E-state index in [1.165, 1.54) is 33.3 Å². The van der Waals surface area contributed by atoms with Gasteiger partial charge >= 0.3 is 12.1 Å². The van der Waals surface area contributed by atoms with Crippen LogP contribution in [0.4, 0.5) is 13.2 Å². The quantitative estimate of drug-likeness (QED) is 0.729. The molecule has 0 heterocycles. The number of carbonyl (C=O) groups is 2. The van der Waals surface area contributed by atoms with Crippen LogP contribution in [-0.4, -0.2) is 38.1 Å². The lowest BCUT2D eigenvalue weighted by Crippen LogP contribution is -2.42. The van der Waals surface area contributed by atoms with E-state index in [2.05, 4.69) is 0 Å². The van der Waals surface area contributed by atoms with Gasteiger partial charge in [0, 0.05) is 11.6 Å². The number of nitrogens with one attached hydrogen (secondary N) is 1. The summed E-state index contributed by atoms with van der Waals surface area (Å²) in [5.74, 6) is -1.71. The molecular formula is C20H20F3NO4. The van der Waals surface area contributed by atoms with Gasteiger partial charge < -0.3 is 14.8 Å². The van der Waals surface area contributed by atoms with Crippen LogP contribution in [0.5, 0.6) is 11.5 Å². The average Bonchev–Trinajstić information content (AvgIpc) is 2.66. The second-order valence-corrected chi connectivity index (χ2v) is 6.14. The van der Waals surface area contributed by atoms with Crippen LogP contribution < -0.4 is 14.8 Å². The van der Waals surface area contributed by atoms with Crippen molar-refractivity contribution < 1.29 is 32.2 Å². The number of ketones is 1. The fraction of sp³-hybridized carbons (Fsp3) is 0.300. The molecule has 0 spiro atoms. The second-order valence-electron chi connectivity index (χ2n) is 6.14. The van der Waals surface area contributed by atoms with Crippen LogP contribution in [0.25, 0.3) is 0 Å². The van der Waals surface area contributed by atoms with E-state index in [0.717, 1.165) is 0 Å². The third-order valence-corrected chi connectivity index (χ3v) is 4.04. The lowest BCUT2D eigenvalue weighted by Gasteiger charge is -2.19. The number of methoxy groups -OCH3 is 2. The number of benzene rings is 2. The lowest BCUT2D eigenvalue weighted by molar-refractivity contribution is -0.174. The molecule has 2 rings (SSSR count). The van der Waals surface area contributed by atoms with Gasteiger partial charge in [-0.05, 0) is 31.0 Å². The van der Waals surface area contributed by atoms with Gasteiger partial charge in [-0.3, -0.25) is 9.59 Å². The van der Waals surface area contributed by atoms with E-state index < -0.39 is 18.1 Å². The third-order valence-electron chi connectivity index (χ3n) is 4.04. The van der Waals surface area contributed by atoms with Crippen molar-refractivity contribution in [1.29, 1.82) is 0 Å². The summed E-state index contributed by atoms with van der Waals surface area (Å²) >= 11 is 0. The molecule has 1 N–H and O–H groups in total. The number of ether oxygens (including phenoxy) is 2. The van der Waals surface area contributed by atoms with Gasteiger partial charge in [0.1, 0.15) is 11.5 Å². The van der Waals surface area contributed by atoms with Gasteiger partial charge in [-0.1, -0.05) is 30.3 Å². The van der Waals surface area contributed by atoms with Crippen molar-refractivity contribution in [3.8, 4) is 11.5 Å². The summed E-state index contributed by atoms with van der Waals surface area (Å²) in [6.07, 6.45) is -4.90. The first-order valence-electron chi connectivity index (χ1n) is 8.39. The zero-order valence-electron chi connectivity index (χ0n) is 15.6. The van der Waals surface area contributed by atoms with Crippen molar-refractivity contribution in [3.05, 3.63) is 59.2 Å². The number of carbonyl (C=O) groups excluding carboxylic acids is 2. The minimum absolute atomic E-state index is 0.0567. The highest BCUT2D eigenvalue weighted by atomic mass is 19.4. The van der Waals surface area contributed by atoms with E-state index >= 15 is 0 Å². The lowest BCUT2D eigenvalue weighted by atomic mass is 9.97. The molecule has 0 bridgehead atoms. The third kappa shape index (κ3) is 5.03. The summed E-state index contributed by atoms with van der Waals surface area (Å²) in [5, 5.41) is 1.89. The van der Waals surface area contributed by atoms with E-state index in [0.29, 0.717) is 16.9 Å². The van der Waals surface area contributed by atoms with Crippen LogP contribution >= 0.6 is 0 Å². The van der Waals surface area contributed by atoms with Crippen molar-refractivity contribution in [2.75, 3.05) is 14.2 Å².